The molecule has 1 aromatic carbocycles. The van der Waals surface area contributed by atoms with Gasteiger partial charge in [0.05, 0.1) is 0 Å². The van der Waals surface area contributed by atoms with E-state index in [9.17, 15) is 8.42 Å². The van der Waals surface area contributed by atoms with Crippen LogP contribution in [0.5, 0.6) is 0 Å². The second-order valence-electron chi connectivity index (χ2n) is 2.27. The zero-order valence-corrected chi connectivity index (χ0v) is 10.1. The average Bonchev–Trinajstić information content (AvgIpc) is 2.02. The zero-order chi connectivity index (χ0) is 9.03. The summed E-state index contributed by atoms with van der Waals surface area (Å²) >= 11 is 0. The Hall–Kier alpha value is -0.0700. The number of hydrogen-bond acceptors (Lipinski definition) is 3. The van der Waals surface area contributed by atoms with Gasteiger partial charge in [-0.3, -0.25) is 4.55 Å². The summed E-state index contributed by atoms with van der Waals surface area (Å²) in [6.45, 7) is 0. The molecule has 0 bridgehead atoms. The fourth-order valence-corrected chi connectivity index (χ4v) is 1.08. The van der Waals surface area contributed by atoms with Crippen LogP contribution in [0.3, 0.4) is 0 Å². The predicted molar refractivity (Wildman–Crippen MR) is 47.6 cm³/mol. The second-order valence-corrected chi connectivity index (χ2v) is 3.72. The van der Waals surface area contributed by atoms with Crippen molar-refractivity contribution in [3.63, 3.8) is 0 Å². The molecule has 0 aliphatic rings. The Kier molecular flexibility index (Phi) is 5.59. The first-order valence-corrected chi connectivity index (χ1v) is 4.93. The van der Waals surface area contributed by atoms with Gasteiger partial charge < -0.3 is 6.74 Å². The summed E-state index contributed by atoms with van der Waals surface area (Å²) in [5.41, 5.74) is 0.662. The Balaban J connectivity index is 0. The molecule has 0 heterocycles. The van der Waals surface area contributed by atoms with Gasteiger partial charge in [0.2, 0.25) is 0 Å². The van der Waals surface area contributed by atoms with E-state index in [0.29, 0.717) is 5.69 Å². The molecule has 1 aromatic rings. The largest absolute Gasteiger partial charge is 1.00 e. The maximum atomic E-state index is 10.3. The minimum absolute atomic E-state index is 0. The van der Waals surface area contributed by atoms with Crippen molar-refractivity contribution in [2.75, 3.05) is 11.2 Å². The van der Waals surface area contributed by atoms with E-state index in [1.807, 2.05) is 6.07 Å². The molecule has 0 radical (unpaired) electrons. The number of rotatable bonds is 3. The standard InChI is InChI=1S/C7H9NO3S.Na.H/c9-12(10,11)6-8-7-4-2-1-3-5-7;;/h1-5,8H,6H2,(H,9,10,11);;/q;+1;-1. The Morgan fingerprint density at radius 1 is 1.31 bits per heavy atom. The summed E-state index contributed by atoms with van der Waals surface area (Å²) in [7, 11) is -3.93. The average molecular weight is 211 g/mol. The normalized spacial score (nSPS) is 10.2. The molecule has 0 aliphatic carbocycles. The minimum atomic E-state index is -3.93. The summed E-state index contributed by atoms with van der Waals surface area (Å²) in [6.07, 6.45) is 0. The Morgan fingerprint density at radius 3 is 2.31 bits per heavy atom. The first-order valence-electron chi connectivity index (χ1n) is 3.32. The van der Waals surface area contributed by atoms with Crippen molar-refractivity contribution in [1.29, 1.82) is 0 Å². The predicted octanol–water partition coefficient (Wildman–Crippen LogP) is -1.94. The van der Waals surface area contributed by atoms with Crippen LogP contribution in [0.1, 0.15) is 1.43 Å². The van der Waals surface area contributed by atoms with Gasteiger partial charge in [0.1, 0.15) is 5.88 Å². The molecule has 68 valence electrons. The molecule has 0 amide bonds. The van der Waals surface area contributed by atoms with Crippen LogP contribution in [0.15, 0.2) is 30.3 Å². The van der Waals surface area contributed by atoms with Gasteiger partial charge in [0, 0.05) is 5.69 Å². The molecule has 1 rings (SSSR count). The van der Waals surface area contributed by atoms with E-state index in [1.54, 1.807) is 24.3 Å². The molecule has 6 heteroatoms. The van der Waals surface area contributed by atoms with Crippen LogP contribution in [0.2, 0.25) is 0 Å². The van der Waals surface area contributed by atoms with Gasteiger partial charge in [0.15, 0.2) is 0 Å². The molecule has 0 spiro atoms. The molecule has 13 heavy (non-hydrogen) atoms. The van der Waals surface area contributed by atoms with E-state index in [0.717, 1.165) is 0 Å². The summed E-state index contributed by atoms with van der Waals surface area (Å²) in [5, 5.41) is 2.55. The Labute approximate surface area is 101 Å². The van der Waals surface area contributed by atoms with E-state index in [-0.39, 0.29) is 31.0 Å². The molecule has 0 atom stereocenters. The van der Waals surface area contributed by atoms with Crippen molar-refractivity contribution < 1.29 is 44.0 Å². The van der Waals surface area contributed by atoms with Crippen LogP contribution in [-0.2, 0) is 10.1 Å². The van der Waals surface area contributed by atoms with E-state index in [1.165, 1.54) is 0 Å². The molecule has 0 aromatic heterocycles. The molecule has 0 saturated carbocycles. The van der Waals surface area contributed by atoms with Crippen molar-refractivity contribution >= 4 is 15.8 Å². The number of hydrogen-bond donors (Lipinski definition) is 2. The van der Waals surface area contributed by atoms with Gasteiger partial charge in [0.25, 0.3) is 10.1 Å². The van der Waals surface area contributed by atoms with Crippen LogP contribution in [0.4, 0.5) is 5.69 Å². The van der Waals surface area contributed by atoms with Crippen LogP contribution in [0.25, 0.3) is 0 Å². The monoisotopic (exact) mass is 211 g/mol. The van der Waals surface area contributed by atoms with Gasteiger partial charge in [-0.2, -0.15) is 8.42 Å². The Morgan fingerprint density at radius 2 is 1.85 bits per heavy atom. The maximum Gasteiger partial charge on any atom is 1.00 e. The number of para-hydroxylation sites is 1. The smallest absolute Gasteiger partial charge is 1.00 e. The number of nitrogens with one attached hydrogen (secondary N) is 1. The number of anilines is 1. The quantitative estimate of drug-likeness (QED) is 0.451. The summed E-state index contributed by atoms with van der Waals surface area (Å²) < 4.78 is 29.0. The third kappa shape index (κ3) is 6.06. The van der Waals surface area contributed by atoms with E-state index < -0.39 is 16.0 Å². The fraction of sp³-hybridized carbons (Fsp3) is 0.143. The summed E-state index contributed by atoms with van der Waals surface area (Å²) in [4.78, 5) is 0. The van der Waals surface area contributed by atoms with Crippen molar-refractivity contribution in [2.24, 2.45) is 0 Å². The fourth-order valence-electron chi connectivity index (χ4n) is 0.731. The molecule has 0 unspecified atom stereocenters. The van der Waals surface area contributed by atoms with Crippen molar-refractivity contribution in [2.45, 2.75) is 0 Å². The molecule has 0 saturated heterocycles. The molecule has 2 N–H and O–H groups in total. The van der Waals surface area contributed by atoms with Crippen molar-refractivity contribution in [3.05, 3.63) is 30.3 Å². The van der Waals surface area contributed by atoms with Gasteiger partial charge in [-0.25, -0.2) is 0 Å². The summed E-state index contributed by atoms with van der Waals surface area (Å²) in [5.74, 6) is -0.461. The van der Waals surface area contributed by atoms with Gasteiger partial charge in [-0.1, -0.05) is 18.2 Å². The van der Waals surface area contributed by atoms with Crippen LogP contribution in [0, 0.1) is 0 Å². The van der Waals surface area contributed by atoms with Crippen molar-refractivity contribution in [3.8, 4) is 0 Å². The van der Waals surface area contributed by atoms with Crippen molar-refractivity contribution in [1.82, 2.24) is 0 Å². The Bertz CT molecular complexity index is 343. The third-order valence-electron chi connectivity index (χ3n) is 1.23. The number of benzene rings is 1. The van der Waals surface area contributed by atoms with Gasteiger partial charge in [-0.05, 0) is 12.1 Å². The molecule has 4 nitrogen and oxygen atoms in total. The first kappa shape index (κ1) is 12.9. The SMILES string of the molecule is O=S(=O)(O)CNc1ccccc1.[H-].[Na+]. The van der Waals surface area contributed by atoms with E-state index in [4.69, 9.17) is 4.55 Å². The minimum Gasteiger partial charge on any atom is -1.00 e. The topological polar surface area (TPSA) is 66.4 Å². The molecular weight excluding hydrogens is 201 g/mol. The van der Waals surface area contributed by atoms with E-state index in [2.05, 4.69) is 5.32 Å². The van der Waals surface area contributed by atoms with Gasteiger partial charge in [-0.15, -0.1) is 0 Å². The second kappa shape index (κ2) is 5.62. The van der Waals surface area contributed by atoms with Crippen LogP contribution in [-0.4, -0.2) is 18.8 Å². The molecular formula is C7H10NNaO3S. The third-order valence-corrected chi connectivity index (χ3v) is 1.74. The maximum absolute atomic E-state index is 10.3. The molecule has 0 aliphatic heterocycles. The van der Waals surface area contributed by atoms with E-state index >= 15 is 0 Å². The van der Waals surface area contributed by atoms with Gasteiger partial charge >= 0.3 is 29.6 Å². The first-order chi connectivity index (χ1) is 5.58. The molecule has 0 fully saturated rings. The van der Waals surface area contributed by atoms with Crippen LogP contribution >= 0.6 is 0 Å². The summed E-state index contributed by atoms with van der Waals surface area (Å²) in [6, 6.07) is 8.79. The zero-order valence-electron chi connectivity index (χ0n) is 8.27. The van der Waals surface area contributed by atoms with Crippen LogP contribution < -0.4 is 34.9 Å².